The van der Waals surface area contributed by atoms with Gasteiger partial charge in [-0.3, -0.25) is 9.88 Å². The first-order chi connectivity index (χ1) is 12.4. The van der Waals surface area contributed by atoms with E-state index >= 15 is 0 Å². The third-order valence-corrected chi connectivity index (χ3v) is 5.25. The molecule has 144 valence electrons. The topological polar surface area (TPSA) is 48.5 Å². The second-order valence-electron chi connectivity index (χ2n) is 7.18. The fourth-order valence-corrected chi connectivity index (χ4v) is 3.74. The van der Waals surface area contributed by atoms with Crippen LogP contribution in [0, 0.1) is 5.92 Å². The SMILES string of the molecule is O=C(NC1CCCC(C(F)(F)F)C1)N1CCN(Cc2cccnc2)CC1. The predicted octanol–water partition coefficient (Wildman–Crippen LogP) is 3.03. The number of urea groups is 1. The van der Waals surface area contributed by atoms with Crippen molar-refractivity contribution < 1.29 is 18.0 Å². The third-order valence-electron chi connectivity index (χ3n) is 5.25. The highest BCUT2D eigenvalue weighted by Crippen LogP contribution is 2.37. The molecule has 0 aromatic carbocycles. The van der Waals surface area contributed by atoms with Gasteiger partial charge in [0, 0.05) is 51.2 Å². The molecule has 1 aliphatic heterocycles. The third kappa shape index (κ3) is 5.09. The molecule has 2 unspecified atom stereocenters. The average molecular weight is 370 g/mol. The molecule has 1 aliphatic carbocycles. The molecule has 0 bridgehead atoms. The number of hydrogen-bond donors (Lipinski definition) is 1. The number of alkyl halides is 3. The summed E-state index contributed by atoms with van der Waals surface area (Å²) < 4.78 is 38.7. The summed E-state index contributed by atoms with van der Waals surface area (Å²) in [6, 6.07) is 3.30. The molecule has 2 amide bonds. The first-order valence-corrected chi connectivity index (χ1v) is 9.15. The number of halogens is 3. The van der Waals surface area contributed by atoms with Crippen molar-refractivity contribution >= 4 is 6.03 Å². The van der Waals surface area contributed by atoms with Crippen molar-refractivity contribution in [2.75, 3.05) is 26.2 Å². The van der Waals surface area contributed by atoms with Crippen molar-refractivity contribution in [2.45, 2.75) is 44.4 Å². The fraction of sp³-hybridized carbons (Fsp3) is 0.667. The van der Waals surface area contributed by atoms with Crippen LogP contribution in [0.15, 0.2) is 24.5 Å². The summed E-state index contributed by atoms with van der Waals surface area (Å²) in [5.41, 5.74) is 1.13. The van der Waals surface area contributed by atoms with E-state index in [0.717, 1.165) is 25.2 Å². The van der Waals surface area contributed by atoms with Crippen LogP contribution in [-0.4, -0.2) is 59.2 Å². The molecule has 1 saturated carbocycles. The van der Waals surface area contributed by atoms with E-state index in [1.54, 1.807) is 11.1 Å². The first kappa shape index (κ1) is 18.9. The summed E-state index contributed by atoms with van der Waals surface area (Å²) in [5.74, 6) is -1.29. The Morgan fingerprint density at radius 2 is 2.00 bits per heavy atom. The van der Waals surface area contributed by atoms with Gasteiger partial charge in [0.25, 0.3) is 0 Å². The molecule has 1 saturated heterocycles. The van der Waals surface area contributed by atoms with E-state index in [-0.39, 0.29) is 24.9 Å². The molecule has 5 nitrogen and oxygen atoms in total. The smallest absolute Gasteiger partial charge is 0.335 e. The van der Waals surface area contributed by atoms with E-state index in [1.165, 1.54) is 0 Å². The summed E-state index contributed by atoms with van der Waals surface area (Å²) >= 11 is 0. The van der Waals surface area contributed by atoms with E-state index in [2.05, 4.69) is 15.2 Å². The van der Waals surface area contributed by atoms with Crippen molar-refractivity contribution in [2.24, 2.45) is 5.92 Å². The molecular formula is C18H25F3N4O. The lowest BCUT2D eigenvalue weighted by molar-refractivity contribution is -0.183. The number of piperazine rings is 1. The van der Waals surface area contributed by atoms with E-state index in [1.807, 2.05) is 18.3 Å². The standard InChI is InChI=1S/C18H25F3N4O/c19-18(20,21)15-4-1-5-16(11-15)23-17(26)25-9-7-24(8-10-25)13-14-3-2-6-22-12-14/h2-3,6,12,15-16H,1,4-5,7-11,13H2,(H,23,26). The Bertz CT molecular complexity index is 588. The van der Waals surface area contributed by atoms with Gasteiger partial charge in [-0.05, 0) is 30.9 Å². The molecule has 8 heteroatoms. The Morgan fingerprint density at radius 3 is 2.65 bits per heavy atom. The fourth-order valence-electron chi connectivity index (χ4n) is 3.74. The summed E-state index contributed by atoms with van der Waals surface area (Å²) in [7, 11) is 0. The predicted molar refractivity (Wildman–Crippen MR) is 91.4 cm³/mol. The van der Waals surface area contributed by atoms with Crippen LogP contribution in [0.4, 0.5) is 18.0 Å². The molecule has 2 atom stereocenters. The molecule has 2 fully saturated rings. The van der Waals surface area contributed by atoms with Crippen LogP contribution in [-0.2, 0) is 6.54 Å². The Kier molecular flexibility index (Phi) is 6.01. The molecule has 1 N–H and O–H groups in total. The van der Waals surface area contributed by atoms with Gasteiger partial charge in [-0.2, -0.15) is 13.2 Å². The zero-order valence-electron chi connectivity index (χ0n) is 14.7. The highest BCUT2D eigenvalue weighted by molar-refractivity contribution is 5.74. The second-order valence-corrected chi connectivity index (χ2v) is 7.18. The first-order valence-electron chi connectivity index (χ1n) is 9.15. The number of hydrogen-bond acceptors (Lipinski definition) is 3. The zero-order chi connectivity index (χ0) is 18.6. The van der Waals surface area contributed by atoms with E-state index < -0.39 is 12.1 Å². The minimum absolute atomic E-state index is 0.00376. The van der Waals surface area contributed by atoms with Crippen LogP contribution in [0.25, 0.3) is 0 Å². The van der Waals surface area contributed by atoms with E-state index in [0.29, 0.717) is 25.9 Å². The molecular weight excluding hydrogens is 345 g/mol. The molecule has 1 aromatic rings. The number of nitrogens with zero attached hydrogens (tertiary/aromatic N) is 3. The average Bonchev–Trinajstić information content (AvgIpc) is 2.63. The van der Waals surface area contributed by atoms with Crippen molar-refractivity contribution in [1.29, 1.82) is 0 Å². The van der Waals surface area contributed by atoms with Crippen molar-refractivity contribution in [3.8, 4) is 0 Å². The normalized spacial score (nSPS) is 25.1. The number of carbonyl (C=O) groups is 1. The van der Waals surface area contributed by atoms with Crippen LogP contribution in [0.2, 0.25) is 0 Å². The van der Waals surface area contributed by atoms with Crippen LogP contribution in [0.1, 0.15) is 31.2 Å². The summed E-state index contributed by atoms with van der Waals surface area (Å²) in [4.78, 5) is 20.4. The lowest BCUT2D eigenvalue weighted by Crippen LogP contribution is -2.54. The number of carbonyl (C=O) groups excluding carboxylic acids is 1. The van der Waals surface area contributed by atoms with Crippen LogP contribution < -0.4 is 5.32 Å². The molecule has 3 rings (SSSR count). The molecule has 0 radical (unpaired) electrons. The van der Waals surface area contributed by atoms with Crippen molar-refractivity contribution in [3.63, 3.8) is 0 Å². The van der Waals surface area contributed by atoms with Crippen molar-refractivity contribution in [3.05, 3.63) is 30.1 Å². The monoisotopic (exact) mass is 370 g/mol. The largest absolute Gasteiger partial charge is 0.391 e. The summed E-state index contributed by atoms with van der Waals surface area (Å²) in [6.45, 7) is 3.46. The number of pyridine rings is 1. The number of rotatable bonds is 3. The highest BCUT2D eigenvalue weighted by Gasteiger charge is 2.42. The quantitative estimate of drug-likeness (QED) is 0.890. The Morgan fingerprint density at radius 1 is 1.23 bits per heavy atom. The maximum atomic E-state index is 12.9. The van der Waals surface area contributed by atoms with Gasteiger partial charge in [0.05, 0.1) is 5.92 Å². The molecule has 1 aromatic heterocycles. The van der Waals surface area contributed by atoms with Gasteiger partial charge in [-0.25, -0.2) is 4.79 Å². The molecule has 0 spiro atoms. The molecule has 2 aliphatic rings. The van der Waals surface area contributed by atoms with Crippen LogP contribution in [0.5, 0.6) is 0 Å². The van der Waals surface area contributed by atoms with E-state index in [9.17, 15) is 18.0 Å². The summed E-state index contributed by atoms with van der Waals surface area (Å²) in [5, 5.41) is 2.81. The van der Waals surface area contributed by atoms with Gasteiger partial charge in [-0.15, -0.1) is 0 Å². The number of nitrogens with one attached hydrogen (secondary N) is 1. The number of amides is 2. The van der Waals surface area contributed by atoms with Gasteiger partial charge in [0.2, 0.25) is 0 Å². The zero-order valence-corrected chi connectivity index (χ0v) is 14.7. The molecule has 26 heavy (non-hydrogen) atoms. The minimum Gasteiger partial charge on any atom is -0.335 e. The second kappa shape index (κ2) is 8.24. The van der Waals surface area contributed by atoms with Crippen LogP contribution in [0.3, 0.4) is 0 Å². The van der Waals surface area contributed by atoms with Gasteiger partial charge in [0.1, 0.15) is 0 Å². The number of aromatic nitrogens is 1. The minimum atomic E-state index is -4.17. The Labute approximate surface area is 151 Å². The Hall–Kier alpha value is -1.83. The van der Waals surface area contributed by atoms with Crippen LogP contribution >= 0.6 is 0 Å². The lowest BCUT2D eigenvalue weighted by atomic mass is 9.85. The van der Waals surface area contributed by atoms with Gasteiger partial charge in [-0.1, -0.05) is 12.5 Å². The van der Waals surface area contributed by atoms with Gasteiger partial charge < -0.3 is 10.2 Å². The summed E-state index contributed by atoms with van der Waals surface area (Å²) in [6.07, 6.45) is 0.702. The van der Waals surface area contributed by atoms with Gasteiger partial charge in [0.15, 0.2) is 0 Å². The van der Waals surface area contributed by atoms with Gasteiger partial charge >= 0.3 is 12.2 Å². The Balaban J connectivity index is 1.43. The molecule has 2 heterocycles. The highest BCUT2D eigenvalue weighted by atomic mass is 19.4. The van der Waals surface area contributed by atoms with E-state index in [4.69, 9.17) is 0 Å². The maximum Gasteiger partial charge on any atom is 0.391 e. The lowest BCUT2D eigenvalue weighted by Gasteiger charge is -2.37. The maximum absolute atomic E-state index is 12.9. The van der Waals surface area contributed by atoms with Crippen molar-refractivity contribution in [1.82, 2.24) is 20.1 Å².